The lowest BCUT2D eigenvalue weighted by Crippen LogP contribution is -2.01. The minimum absolute atomic E-state index is 0.109. The monoisotopic (exact) mass is 161 g/mol. The van der Waals surface area contributed by atoms with E-state index in [0.717, 1.165) is 11.3 Å². The number of rotatable bonds is 1. The average molecular weight is 161 g/mol. The van der Waals surface area contributed by atoms with Crippen molar-refractivity contribution in [2.75, 3.05) is 0 Å². The van der Waals surface area contributed by atoms with Crippen LogP contribution in [0.15, 0.2) is 35.4 Å². The van der Waals surface area contributed by atoms with Gasteiger partial charge in [-0.1, -0.05) is 0 Å². The average Bonchev–Trinajstić information content (AvgIpc) is 2.56. The molecule has 2 aromatic rings. The maximum absolute atomic E-state index is 10.9. The first-order valence-electron chi connectivity index (χ1n) is 3.55. The summed E-state index contributed by atoms with van der Waals surface area (Å²) < 4.78 is 0. The van der Waals surface area contributed by atoms with E-state index in [1.54, 1.807) is 12.4 Å². The van der Waals surface area contributed by atoms with Crippen LogP contribution >= 0.6 is 0 Å². The van der Waals surface area contributed by atoms with Crippen LogP contribution in [0.3, 0.4) is 0 Å². The largest absolute Gasteiger partial charge is 0.329 e. The quantitative estimate of drug-likeness (QED) is 0.648. The molecular weight excluding hydrogens is 154 g/mol. The van der Waals surface area contributed by atoms with E-state index in [9.17, 15) is 4.79 Å². The highest BCUT2D eigenvalue weighted by atomic mass is 16.1. The molecule has 2 N–H and O–H groups in total. The van der Waals surface area contributed by atoms with Gasteiger partial charge in [0.05, 0.1) is 5.69 Å². The molecule has 0 saturated heterocycles. The third kappa shape index (κ3) is 1.14. The van der Waals surface area contributed by atoms with E-state index < -0.39 is 0 Å². The number of nitrogens with one attached hydrogen (secondary N) is 2. The van der Waals surface area contributed by atoms with Crippen molar-refractivity contribution in [3.63, 3.8) is 0 Å². The van der Waals surface area contributed by atoms with Crippen LogP contribution in [0.25, 0.3) is 11.3 Å². The molecule has 0 aromatic carbocycles. The van der Waals surface area contributed by atoms with E-state index in [1.807, 2.05) is 12.1 Å². The first-order chi connectivity index (χ1) is 5.86. The van der Waals surface area contributed by atoms with Crippen molar-refractivity contribution < 1.29 is 0 Å². The Labute approximate surface area is 68.3 Å². The molecule has 60 valence electrons. The molecule has 4 nitrogen and oxygen atoms in total. The topological polar surface area (TPSA) is 61.5 Å². The summed E-state index contributed by atoms with van der Waals surface area (Å²) in [5.74, 6) is 0. The molecule has 0 aliphatic carbocycles. The van der Waals surface area contributed by atoms with Gasteiger partial charge in [-0.2, -0.15) is 5.10 Å². The highest BCUT2D eigenvalue weighted by molar-refractivity contribution is 5.56. The fourth-order valence-electron chi connectivity index (χ4n) is 1.03. The van der Waals surface area contributed by atoms with Crippen molar-refractivity contribution in [1.29, 1.82) is 0 Å². The Bertz CT molecular complexity index is 416. The zero-order chi connectivity index (χ0) is 8.39. The molecule has 0 spiro atoms. The molecule has 0 bridgehead atoms. The maximum atomic E-state index is 10.9. The third-order valence-electron chi connectivity index (χ3n) is 1.59. The summed E-state index contributed by atoms with van der Waals surface area (Å²) in [4.78, 5) is 13.4. The molecule has 2 aromatic heterocycles. The van der Waals surface area contributed by atoms with Gasteiger partial charge in [0.25, 0.3) is 0 Å². The van der Waals surface area contributed by atoms with Crippen molar-refractivity contribution >= 4 is 0 Å². The summed E-state index contributed by atoms with van der Waals surface area (Å²) in [7, 11) is 0. The van der Waals surface area contributed by atoms with Crippen LogP contribution < -0.4 is 5.56 Å². The van der Waals surface area contributed by atoms with Gasteiger partial charge >= 0.3 is 0 Å². The van der Waals surface area contributed by atoms with E-state index in [0.29, 0.717) is 0 Å². The number of nitrogens with zero attached hydrogens (tertiary/aromatic N) is 1. The van der Waals surface area contributed by atoms with E-state index >= 15 is 0 Å². The molecule has 0 radical (unpaired) electrons. The Kier molecular flexibility index (Phi) is 1.51. The second kappa shape index (κ2) is 2.65. The highest BCUT2D eigenvalue weighted by Gasteiger charge is 1.97. The minimum atomic E-state index is -0.109. The summed E-state index contributed by atoms with van der Waals surface area (Å²) in [6.07, 6.45) is 3.26. The van der Waals surface area contributed by atoms with Crippen LogP contribution in [0.1, 0.15) is 0 Å². The van der Waals surface area contributed by atoms with Crippen LogP contribution in [0.5, 0.6) is 0 Å². The number of aromatic amines is 2. The number of hydrogen-bond acceptors (Lipinski definition) is 2. The van der Waals surface area contributed by atoms with E-state index in [2.05, 4.69) is 15.2 Å². The van der Waals surface area contributed by atoms with Crippen molar-refractivity contribution in [3.05, 3.63) is 40.9 Å². The molecule has 2 heterocycles. The van der Waals surface area contributed by atoms with Crippen molar-refractivity contribution in [2.24, 2.45) is 0 Å². The van der Waals surface area contributed by atoms with Gasteiger partial charge in [-0.15, -0.1) is 0 Å². The van der Waals surface area contributed by atoms with Gasteiger partial charge in [-0.25, -0.2) is 0 Å². The molecule has 0 fully saturated rings. The predicted octanol–water partition coefficient (Wildman–Crippen LogP) is 0.765. The Morgan fingerprint density at radius 3 is 2.92 bits per heavy atom. The van der Waals surface area contributed by atoms with E-state index in [1.165, 1.54) is 6.07 Å². The SMILES string of the molecule is O=c1cc(-c2ccn[nH]2)cc[nH]1. The van der Waals surface area contributed by atoms with Crippen LogP contribution in [0, 0.1) is 0 Å². The molecule has 0 amide bonds. The van der Waals surface area contributed by atoms with Gasteiger partial charge in [0.2, 0.25) is 5.56 Å². The molecule has 12 heavy (non-hydrogen) atoms. The lowest BCUT2D eigenvalue weighted by molar-refractivity contribution is 1.09. The van der Waals surface area contributed by atoms with Crippen molar-refractivity contribution in [2.45, 2.75) is 0 Å². The van der Waals surface area contributed by atoms with Gasteiger partial charge in [0, 0.05) is 24.0 Å². The van der Waals surface area contributed by atoms with Crippen LogP contribution in [0.4, 0.5) is 0 Å². The lowest BCUT2D eigenvalue weighted by Gasteiger charge is -1.93. The molecule has 0 atom stereocenters. The molecular formula is C8H7N3O. The fourth-order valence-corrected chi connectivity index (χ4v) is 1.03. The van der Waals surface area contributed by atoms with E-state index in [4.69, 9.17) is 0 Å². The molecule has 0 unspecified atom stereocenters. The van der Waals surface area contributed by atoms with Gasteiger partial charge in [0.1, 0.15) is 0 Å². The Morgan fingerprint density at radius 2 is 2.25 bits per heavy atom. The fraction of sp³-hybridized carbons (Fsp3) is 0. The van der Waals surface area contributed by atoms with Gasteiger partial charge in [-0.05, 0) is 12.1 Å². The molecule has 4 heteroatoms. The number of H-pyrrole nitrogens is 2. The summed E-state index contributed by atoms with van der Waals surface area (Å²) >= 11 is 0. The van der Waals surface area contributed by atoms with Crippen LogP contribution in [-0.4, -0.2) is 15.2 Å². The summed E-state index contributed by atoms with van der Waals surface area (Å²) in [5, 5.41) is 6.57. The van der Waals surface area contributed by atoms with Crippen molar-refractivity contribution in [1.82, 2.24) is 15.2 Å². The van der Waals surface area contributed by atoms with Crippen LogP contribution in [0.2, 0.25) is 0 Å². The lowest BCUT2D eigenvalue weighted by atomic mass is 10.2. The molecule has 0 aliphatic heterocycles. The zero-order valence-electron chi connectivity index (χ0n) is 6.24. The minimum Gasteiger partial charge on any atom is -0.329 e. The Morgan fingerprint density at radius 1 is 1.33 bits per heavy atom. The van der Waals surface area contributed by atoms with Crippen molar-refractivity contribution in [3.8, 4) is 11.3 Å². The second-order valence-electron chi connectivity index (χ2n) is 2.41. The Hall–Kier alpha value is -1.84. The molecule has 2 rings (SSSR count). The zero-order valence-corrected chi connectivity index (χ0v) is 6.24. The van der Waals surface area contributed by atoms with E-state index in [-0.39, 0.29) is 5.56 Å². The summed E-state index contributed by atoms with van der Waals surface area (Å²) in [6.45, 7) is 0. The normalized spacial score (nSPS) is 10.0. The number of hydrogen-bond donors (Lipinski definition) is 2. The second-order valence-corrected chi connectivity index (χ2v) is 2.41. The molecule has 0 aliphatic rings. The molecule has 0 saturated carbocycles. The van der Waals surface area contributed by atoms with Gasteiger partial charge in [0.15, 0.2) is 0 Å². The van der Waals surface area contributed by atoms with Crippen LogP contribution in [-0.2, 0) is 0 Å². The number of aromatic nitrogens is 3. The maximum Gasteiger partial charge on any atom is 0.248 e. The Balaban J connectivity index is 2.55. The predicted molar refractivity (Wildman–Crippen MR) is 44.6 cm³/mol. The van der Waals surface area contributed by atoms with Gasteiger partial charge < -0.3 is 4.98 Å². The highest BCUT2D eigenvalue weighted by Crippen LogP contribution is 2.11. The standard InChI is InChI=1S/C8H7N3O/c12-8-5-6(1-3-9-8)7-2-4-10-11-7/h1-5H,(H,9,12)(H,10,11). The summed E-state index contributed by atoms with van der Waals surface area (Å²) in [6, 6.07) is 5.15. The number of pyridine rings is 1. The first kappa shape index (κ1) is 6.84. The first-order valence-corrected chi connectivity index (χ1v) is 3.55. The smallest absolute Gasteiger partial charge is 0.248 e. The third-order valence-corrected chi connectivity index (χ3v) is 1.59. The van der Waals surface area contributed by atoms with Gasteiger partial charge in [-0.3, -0.25) is 9.89 Å². The summed E-state index contributed by atoms with van der Waals surface area (Å²) in [5.41, 5.74) is 1.58.